The maximum absolute atomic E-state index is 14.0. The summed E-state index contributed by atoms with van der Waals surface area (Å²) in [4.78, 5) is 28.9. The summed E-state index contributed by atoms with van der Waals surface area (Å²) in [7, 11) is 0. The molecule has 0 saturated carbocycles. The second-order valence-electron chi connectivity index (χ2n) is 8.72. The maximum Gasteiger partial charge on any atom is 0.262 e. The van der Waals surface area contributed by atoms with E-state index >= 15 is 0 Å². The van der Waals surface area contributed by atoms with Crippen molar-refractivity contribution in [3.8, 4) is 0 Å². The molecule has 1 fully saturated rings. The number of benzene rings is 3. The minimum Gasteiger partial charge on any atom is -0.339 e. The predicted molar refractivity (Wildman–Crippen MR) is 134 cm³/mol. The molecule has 3 aromatic rings. The summed E-state index contributed by atoms with van der Waals surface area (Å²) in [5, 5.41) is 2.86. The summed E-state index contributed by atoms with van der Waals surface area (Å²) >= 11 is 1.28. The molecule has 3 aromatic carbocycles. The fourth-order valence-electron chi connectivity index (χ4n) is 4.50. The van der Waals surface area contributed by atoms with E-state index < -0.39 is 0 Å². The van der Waals surface area contributed by atoms with Crippen LogP contribution in [0.3, 0.4) is 0 Å². The Morgan fingerprint density at radius 2 is 1.76 bits per heavy atom. The molecule has 2 amide bonds. The molecule has 0 unspecified atom stereocenters. The van der Waals surface area contributed by atoms with Crippen molar-refractivity contribution < 1.29 is 14.0 Å². The second-order valence-corrected chi connectivity index (χ2v) is 9.81. The largest absolute Gasteiger partial charge is 0.339 e. The molecule has 0 radical (unpaired) electrons. The van der Waals surface area contributed by atoms with Crippen LogP contribution in [0.4, 0.5) is 10.1 Å². The summed E-state index contributed by atoms with van der Waals surface area (Å²) < 4.78 is 14.0. The van der Waals surface area contributed by atoms with E-state index in [0.717, 1.165) is 37.2 Å². The molecule has 2 aliphatic rings. The number of carbonyl (C=O) groups is 2. The predicted octanol–water partition coefficient (Wildman–Crippen LogP) is 6.01. The fourth-order valence-corrected chi connectivity index (χ4v) is 5.42. The standard InChI is InChI=1S/C28H25FN2O2S/c29-23-9-5-4-8-21(23)18-26-27(32)30-24-17-22(10-11-25(24)34-26)28(33)31-14-12-20(13-15-31)16-19-6-2-1-3-7-19/h1-11,17-18,20H,12-16H2,(H,30,32). The van der Waals surface area contributed by atoms with Crippen LogP contribution in [0, 0.1) is 11.7 Å². The van der Waals surface area contributed by atoms with E-state index in [1.807, 2.05) is 23.1 Å². The normalized spacial score (nSPS) is 17.4. The third-order valence-electron chi connectivity index (χ3n) is 6.38. The lowest BCUT2D eigenvalue weighted by Crippen LogP contribution is -2.39. The van der Waals surface area contributed by atoms with Crippen LogP contribution < -0.4 is 5.32 Å². The molecule has 2 aliphatic heterocycles. The van der Waals surface area contributed by atoms with Crippen molar-refractivity contribution in [3.05, 3.63) is 100 Å². The first kappa shape index (κ1) is 22.4. The number of nitrogens with zero attached hydrogens (tertiary/aromatic N) is 1. The molecule has 34 heavy (non-hydrogen) atoms. The summed E-state index contributed by atoms with van der Waals surface area (Å²) in [6.07, 6.45) is 4.58. The van der Waals surface area contributed by atoms with Crippen LogP contribution in [0.25, 0.3) is 6.08 Å². The van der Waals surface area contributed by atoms with Crippen LogP contribution in [0.2, 0.25) is 0 Å². The average molecular weight is 473 g/mol. The molecule has 0 aliphatic carbocycles. The Morgan fingerprint density at radius 1 is 1.03 bits per heavy atom. The van der Waals surface area contributed by atoms with Gasteiger partial charge in [0.25, 0.3) is 11.8 Å². The number of rotatable bonds is 4. The van der Waals surface area contributed by atoms with E-state index in [4.69, 9.17) is 0 Å². The van der Waals surface area contributed by atoms with Gasteiger partial charge in [0.2, 0.25) is 0 Å². The molecule has 5 rings (SSSR count). The molecule has 0 spiro atoms. The fraction of sp³-hybridized carbons (Fsp3) is 0.214. The Labute approximate surface area is 202 Å². The summed E-state index contributed by atoms with van der Waals surface area (Å²) in [5.74, 6) is -0.0898. The van der Waals surface area contributed by atoms with Crippen LogP contribution in [0.5, 0.6) is 0 Å². The van der Waals surface area contributed by atoms with Crippen molar-refractivity contribution in [2.45, 2.75) is 24.2 Å². The summed E-state index contributed by atoms with van der Waals surface area (Å²) in [6.45, 7) is 1.48. The lowest BCUT2D eigenvalue weighted by Gasteiger charge is -2.32. The Kier molecular flexibility index (Phi) is 6.50. The first-order chi connectivity index (χ1) is 16.6. The van der Waals surface area contributed by atoms with Gasteiger partial charge >= 0.3 is 0 Å². The molecule has 172 valence electrons. The number of hydrogen-bond donors (Lipinski definition) is 1. The Hall–Kier alpha value is -3.38. The van der Waals surface area contributed by atoms with Crippen molar-refractivity contribution >= 4 is 35.3 Å². The highest BCUT2D eigenvalue weighted by Gasteiger charge is 2.26. The van der Waals surface area contributed by atoms with E-state index in [0.29, 0.717) is 27.6 Å². The number of thioether (sulfide) groups is 1. The topological polar surface area (TPSA) is 49.4 Å². The molecule has 6 heteroatoms. The summed E-state index contributed by atoms with van der Waals surface area (Å²) in [6, 6.07) is 22.3. The molecular formula is C28H25FN2O2S. The third-order valence-corrected chi connectivity index (χ3v) is 7.48. The van der Waals surface area contributed by atoms with E-state index in [1.165, 1.54) is 23.4 Å². The number of nitrogens with one attached hydrogen (secondary N) is 1. The first-order valence-electron chi connectivity index (χ1n) is 11.5. The number of carbonyl (C=O) groups excluding carboxylic acids is 2. The van der Waals surface area contributed by atoms with Gasteiger partial charge in [-0.15, -0.1) is 0 Å². The zero-order chi connectivity index (χ0) is 23.5. The van der Waals surface area contributed by atoms with Gasteiger partial charge in [0, 0.05) is 29.1 Å². The molecule has 1 saturated heterocycles. The first-order valence-corrected chi connectivity index (χ1v) is 12.3. The second kappa shape index (κ2) is 9.85. The SMILES string of the molecule is O=C1Nc2cc(C(=O)N3CCC(Cc4ccccc4)CC3)ccc2SC1=Cc1ccccc1F. The van der Waals surface area contributed by atoms with Gasteiger partial charge in [-0.1, -0.05) is 60.3 Å². The zero-order valence-electron chi connectivity index (χ0n) is 18.7. The van der Waals surface area contributed by atoms with Crippen LogP contribution in [-0.4, -0.2) is 29.8 Å². The number of anilines is 1. The van der Waals surface area contributed by atoms with Crippen molar-refractivity contribution in [2.24, 2.45) is 5.92 Å². The number of hydrogen-bond acceptors (Lipinski definition) is 3. The van der Waals surface area contributed by atoms with Crippen molar-refractivity contribution in [2.75, 3.05) is 18.4 Å². The third kappa shape index (κ3) is 4.92. The van der Waals surface area contributed by atoms with Crippen molar-refractivity contribution in [1.82, 2.24) is 4.90 Å². The van der Waals surface area contributed by atoms with E-state index in [9.17, 15) is 14.0 Å². The highest BCUT2D eigenvalue weighted by molar-refractivity contribution is 8.04. The highest BCUT2D eigenvalue weighted by atomic mass is 32.2. The van der Waals surface area contributed by atoms with Gasteiger partial charge in [-0.2, -0.15) is 0 Å². The average Bonchev–Trinajstić information content (AvgIpc) is 2.86. The van der Waals surface area contributed by atoms with E-state index in [2.05, 4.69) is 29.6 Å². The van der Waals surface area contributed by atoms with E-state index in [1.54, 1.807) is 30.3 Å². The van der Waals surface area contributed by atoms with Gasteiger partial charge in [-0.05, 0) is 61.1 Å². The minimum absolute atomic E-state index is 0.00657. The van der Waals surface area contributed by atoms with Crippen LogP contribution in [0.1, 0.15) is 34.3 Å². The lowest BCUT2D eigenvalue weighted by atomic mass is 9.90. The smallest absolute Gasteiger partial charge is 0.262 e. The minimum atomic E-state index is -0.373. The van der Waals surface area contributed by atoms with Crippen molar-refractivity contribution in [1.29, 1.82) is 0 Å². The zero-order valence-corrected chi connectivity index (χ0v) is 19.5. The van der Waals surface area contributed by atoms with E-state index in [-0.39, 0.29) is 17.6 Å². The summed E-state index contributed by atoms with van der Waals surface area (Å²) in [5.41, 5.74) is 2.90. The van der Waals surface area contributed by atoms with Crippen molar-refractivity contribution in [3.63, 3.8) is 0 Å². The maximum atomic E-state index is 14.0. The number of halogens is 1. The Balaban J connectivity index is 1.25. The van der Waals surface area contributed by atoms with Crippen LogP contribution >= 0.6 is 11.8 Å². The highest BCUT2D eigenvalue weighted by Crippen LogP contribution is 2.39. The van der Waals surface area contributed by atoms with Gasteiger partial charge in [0.05, 0.1) is 10.6 Å². The molecule has 0 atom stereocenters. The van der Waals surface area contributed by atoms with Gasteiger partial charge in [0.15, 0.2) is 0 Å². The lowest BCUT2D eigenvalue weighted by molar-refractivity contribution is -0.112. The molecule has 1 N–H and O–H groups in total. The number of likely N-dealkylation sites (tertiary alicyclic amines) is 1. The Morgan fingerprint density at radius 3 is 2.53 bits per heavy atom. The molecule has 4 nitrogen and oxygen atoms in total. The van der Waals surface area contributed by atoms with Crippen LogP contribution in [0.15, 0.2) is 82.6 Å². The van der Waals surface area contributed by atoms with Crippen LogP contribution in [-0.2, 0) is 11.2 Å². The van der Waals surface area contributed by atoms with Gasteiger partial charge in [-0.25, -0.2) is 4.39 Å². The number of piperidine rings is 1. The number of amides is 2. The monoisotopic (exact) mass is 472 g/mol. The molecule has 0 aromatic heterocycles. The number of fused-ring (bicyclic) bond motifs is 1. The molecule has 0 bridgehead atoms. The van der Waals surface area contributed by atoms with Gasteiger partial charge in [-0.3, -0.25) is 9.59 Å². The van der Waals surface area contributed by atoms with Gasteiger partial charge < -0.3 is 10.2 Å². The molecular weight excluding hydrogens is 447 g/mol. The Bertz CT molecular complexity index is 1250. The van der Waals surface area contributed by atoms with Gasteiger partial charge in [0.1, 0.15) is 5.82 Å². The molecule has 2 heterocycles. The quantitative estimate of drug-likeness (QED) is 0.474.